The Morgan fingerprint density at radius 2 is 2.50 bits per heavy atom. The Morgan fingerprint density at radius 3 is 3.07 bits per heavy atom. The Balaban J connectivity index is 2.25. The molecule has 0 radical (unpaired) electrons. The molecule has 0 aliphatic rings. The number of hydrogen-bond acceptors (Lipinski definition) is 5. The van der Waals surface area contributed by atoms with Crippen LogP contribution in [0.2, 0.25) is 0 Å². The molecule has 0 aromatic carbocycles. The Morgan fingerprint density at radius 1 is 1.57 bits per heavy atom. The third-order valence-electron chi connectivity index (χ3n) is 1.91. The molecule has 0 aliphatic carbocycles. The van der Waals surface area contributed by atoms with Gasteiger partial charge in [-0.05, 0) is 29.5 Å². The van der Waals surface area contributed by atoms with Crippen LogP contribution in [0.25, 0.3) is 0 Å². The van der Waals surface area contributed by atoms with Crippen LogP contribution in [0.3, 0.4) is 0 Å². The van der Waals surface area contributed by atoms with Crippen LogP contribution in [0.5, 0.6) is 0 Å². The van der Waals surface area contributed by atoms with Crippen molar-refractivity contribution in [3.63, 3.8) is 0 Å². The van der Waals surface area contributed by atoms with Gasteiger partial charge in [0.25, 0.3) is 0 Å². The molecule has 0 bridgehead atoms. The third kappa shape index (κ3) is 2.00. The molecule has 1 unspecified atom stereocenters. The molecular formula is C9H11N3S2. The first-order chi connectivity index (χ1) is 6.92. The van der Waals surface area contributed by atoms with Gasteiger partial charge in [0.2, 0.25) is 0 Å². The van der Waals surface area contributed by atoms with E-state index < -0.39 is 0 Å². The maximum absolute atomic E-state index is 4.10. The van der Waals surface area contributed by atoms with Crippen molar-refractivity contribution in [3.05, 3.63) is 33.5 Å². The SMILES string of the molecule is CCNC(c1csnn1)c1cccs1. The Hall–Kier alpha value is -0.780. The molecule has 1 atom stereocenters. The number of nitrogens with one attached hydrogen (secondary N) is 1. The minimum absolute atomic E-state index is 0.207. The summed E-state index contributed by atoms with van der Waals surface area (Å²) < 4.78 is 3.89. The van der Waals surface area contributed by atoms with Crippen LogP contribution in [-0.2, 0) is 0 Å². The van der Waals surface area contributed by atoms with Crippen LogP contribution < -0.4 is 5.32 Å². The predicted octanol–water partition coefficient (Wildman–Crippen LogP) is 2.30. The molecule has 2 rings (SSSR count). The van der Waals surface area contributed by atoms with E-state index in [4.69, 9.17) is 0 Å². The van der Waals surface area contributed by atoms with Gasteiger partial charge in [-0.3, -0.25) is 0 Å². The zero-order chi connectivity index (χ0) is 9.80. The minimum atomic E-state index is 0.207. The summed E-state index contributed by atoms with van der Waals surface area (Å²) in [6.07, 6.45) is 0. The number of rotatable bonds is 4. The van der Waals surface area contributed by atoms with Crippen LogP contribution in [0.1, 0.15) is 23.5 Å². The van der Waals surface area contributed by atoms with Gasteiger partial charge in [-0.1, -0.05) is 17.5 Å². The summed E-state index contributed by atoms with van der Waals surface area (Å²) in [4.78, 5) is 1.29. The topological polar surface area (TPSA) is 37.8 Å². The second kappa shape index (κ2) is 4.63. The van der Waals surface area contributed by atoms with E-state index in [9.17, 15) is 0 Å². The van der Waals surface area contributed by atoms with Gasteiger partial charge in [-0.2, -0.15) is 0 Å². The fourth-order valence-electron chi connectivity index (χ4n) is 1.31. The molecule has 2 aromatic rings. The molecule has 2 aromatic heterocycles. The second-order valence-corrected chi connectivity index (χ2v) is 4.42. The summed E-state index contributed by atoms with van der Waals surface area (Å²) in [7, 11) is 0. The maximum Gasteiger partial charge on any atom is 0.0978 e. The van der Waals surface area contributed by atoms with Gasteiger partial charge in [-0.25, -0.2) is 0 Å². The monoisotopic (exact) mass is 225 g/mol. The normalized spacial score (nSPS) is 12.9. The van der Waals surface area contributed by atoms with Gasteiger partial charge in [0.05, 0.1) is 11.7 Å². The largest absolute Gasteiger partial charge is 0.304 e. The first-order valence-electron chi connectivity index (χ1n) is 4.45. The summed E-state index contributed by atoms with van der Waals surface area (Å²) in [5, 5.41) is 11.6. The summed E-state index contributed by atoms with van der Waals surface area (Å²) in [5.74, 6) is 0. The highest BCUT2D eigenvalue weighted by Gasteiger charge is 2.15. The Kier molecular flexibility index (Phi) is 3.23. The fourth-order valence-corrected chi connectivity index (χ4v) is 2.60. The summed E-state index contributed by atoms with van der Waals surface area (Å²) in [6.45, 7) is 3.03. The molecule has 0 aliphatic heterocycles. The summed E-state index contributed by atoms with van der Waals surface area (Å²) in [6, 6.07) is 4.39. The highest BCUT2D eigenvalue weighted by atomic mass is 32.1. The Bertz CT molecular complexity index is 321. The first-order valence-corrected chi connectivity index (χ1v) is 6.17. The molecule has 0 fully saturated rings. The van der Waals surface area contributed by atoms with Crippen molar-refractivity contribution in [1.82, 2.24) is 14.9 Å². The molecule has 74 valence electrons. The lowest BCUT2D eigenvalue weighted by molar-refractivity contribution is 0.622. The van der Waals surface area contributed by atoms with Crippen molar-refractivity contribution in [2.75, 3.05) is 6.54 Å². The van der Waals surface area contributed by atoms with Crippen LogP contribution in [-0.4, -0.2) is 16.1 Å². The number of thiophene rings is 1. The van der Waals surface area contributed by atoms with E-state index in [0.717, 1.165) is 12.2 Å². The molecule has 0 saturated carbocycles. The summed E-state index contributed by atoms with van der Waals surface area (Å²) in [5.41, 5.74) is 1.01. The van der Waals surface area contributed by atoms with Gasteiger partial charge in [-0.15, -0.1) is 16.4 Å². The quantitative estimate of drug-likeness (QED) is 0.867. The van der Waals surface area contributed by atoms with Crippen molar-refractivity contribution in [1.29, 1.82) is 0 Å². The van der Waals surface area contributed by atoms with E-state index in [0.29, 0.717) is 0 Å². The van der Waals surface area contributed by atoms with Crippen LogP contribution in [0, 0.1) is 0 Å². The van der Waals surface area contributed by atoms with Crippen molar-refractivity contribution in [2.24, 2.45) is 0 Å². The maximum atomic E-state index is 4.10. The van der Waals surface area contributed by atoms with Crippen LogP contribution in [0.15, 0.2) is 22.9 Å². The fraction of sp³-hybridized carbons (Fsp3) is 0.333. The molecule has 2 heterocycles. The highest BCUT2D eigenvalue weighted by Crippen LogP contribution is 2.24. The smallest absolute Gasteiger partial charge is 0.0978 e. The van der Waals surface area contributed by atoms with Gasteiger partial charge in [0.15, 0.2) is 0 Å². The van der Waals surface area contributed by atoms with E-state index in [1.807, 2.05) is 5.38 Å². The van der Waals surface area contributed by atoms with E-state index in [-0.39, 0.29) is 6.04 Å². The predicted molar refractivity (Wildman–Crippen MR) is 59.7 cm³/mol. The van der Waals surface area contributed by atoms with Crippen molar-refractivity contribution in [3.8, 4) is 0 Å². The molecule has 0 saturated heterocycles. The van der Waals surface area contributed by atoms with E-state index in [1.165, 1.54) is 16.4 Å². The summed E-state index contributed by atoms with van der Waals surface area (Å²) >= 11 is 3.14. The molecule has 0 amide bonds. The molecule has 1 N–H and O–H groups in total. The number of hydrogen-bond donors (Lipinski definition) is 1. The van der Waals surface area contributed by atoms with Gasteiger partial charge in [0.1, 0.15) is 0 Å². The van der Waals surface area contributed by atoms with Crippen LogP contribution in [0.4, 0.5) is 0 Å². The van der Waals surface area contributed by atoms with Gasteiger partial charge >= 0.3 is 0 Å². The van der Waals surface area contributed by atoms with Crippen LogP contribution >= 0.6 is 22.9 Å². The molecule has 14 heavy (non-hydrogen) atoms. The number of nitrogens with zero attached hydrogens (tertiary/aromatic N) is 2. The molecular weight excluding hydrogens is 214 g/mol. The van der Waals surface area contributed by atoms with Crippen molar-refractivity contribution < 1.29 is 0 Å². The van der Waals surface area contributed by atoms with Crippen molar-refractivity contribution >= 4 is 22.9 Å². The van der Waals surface area contributed by atoms with Gasteiger partial charge < -0.3 is 5.32 Å². The third-order valence-corrected chi connectivity index (χ3v) is 3.37. The minimum Gasteiger partial charge on any atom is -0.304 e. The first kappa shape index (κ1) is 9.76. The lowest BCUT2D eigenvalue weighted by atomic mass is 10.2. The molecule has 0 spiro atoms. The average Bonchev–Trinajstić information content (AvgIpc) is 2.87. The zero-order valence-corrected chi connectivity index (χ0v) is 9.44. The Labute approximate surface area is 91.0 Å². The van der Waals surface area contributed by atoms with Crippen molar-refractivity contribution in [2.45, 2.75) is 13.0 Å². The molecule has 5 heteroatoms. The van der Waals surface area contributed by atoms with E-state index in [1.54, 1.807) is 11.3 Å². The standard InChI is InChI=1S/C9H11N3S2/c1-2-10-9(7-6-14-12-11-7)8-4-3-5-13-8/h3-6,9-10H,2H2,1H3. The zero-order valence-electron chi connectivity index (χ0n) is 7.80. The lowest BCUT2D eigenvalue weighted by Gasteiger charge is -2.12. The second-order valence-electron chi connectivity index (χ2n) is 2.84. The van der Waals surface area contributed by atoms with E-state index in [2.05, 4.69) is 39.3 Å². The molecule has 3 nitrogen and oxygen atoms in total. The number of aromatic nitrogens is 2. The lowest BCUT2D eigenvalue weighted by Crippen LogP contribution is -2.21. The van der Waals surface area contributed by atoms with E-state index >= 15 is 0 Å². The average molecular weight is 225 g/mol. The highest BCUT2D eigenvalue weighted by molar-refractivity contribution is 7.10. The van der Waals surface area contributed by atoms with Gasteiger partial charge in [0, 0.05) is 10.3 Å².